The molecule has 2 aliphatic rings. The van der Waals surface area contributed by atoms with Gasteiger partial charge in [0.05, 0.1) is 6.54 Å². The lowest BCUT2D eigenvalue weighted by molar-refractivity contribution is -0.119. The van der Waals surface area contributed by atoms with E-state index >= 15 is 0 Å². The Morgan fingerprint density at radius 1 is 1.03 bits per heavy atom. The van der Waals surface area contributed by atoms with E-state index in [0.29, 0.717) is 25.2 Å². The monoisotopic (exact) mass is 411 g/mol. The summed E-state index contributed by atoms with van der Waals surface area (Å²) >= 11 is 6.13. The van der Waals surface area contributed by atoms with Gasteiger partial charge >= 0.3 is 0 Å². The molecule has 29 heavy (non-hydrogen) atoms. The number of halogens is 1. The van der Waals surface area contributed by atoms with E-state index in [-0.39, 0.29) is 5.91 Å². The second-order valence-electron chi connectivity index (χ2n) is 7.94. The highest BCUT2D eigenvalue weighted by Crippen LogP contribution is 2.24. The van der Waals surface area contributed by atoms with Gasteiger partial charge in [-0.2, -0.15) is 0 Å². The summed E-state index contributed by atoms with van der Waals surface area (Å²) in [7, 11) is 0. The summed E-state index contributed by atoms with van der Waals surface area (Å²) in [4.78, 5) is 28.6. The summed E-state index contributed by atoms with van der Waals surface area (Å²) in [6.45, 7) is 5.89. The first kappa shape index (κ1) is 19.9. The number of benzene rings is 2. The Balaban J connectivity index is 1.29. The Kier molecular flexibility index (Phi) is 5.88. The van der Waals surface area contributed by atoms with Crippen molar-refractivity contribution in [3.63, 3.8) is 0 Å². The predicted octanol–water partition coefficient (Wildman–Crippen LogP) is 3.47. The van der Waals surface area contributed by atoms with Gasteiger partial charge in [-0.15, -0.1) is 0 Å². The van der Waals surface area contributed by atoms with Crippen molar-refractivity contribution in [1.29, 1.82) is 0 Å². The fourth-order valence-electron chi connectivity index (χ4n) is 4.08. The third kappa shape index (κ3) is 4.80. The molecule has 0 saturated carbocycles. The Morgan fingerprint density at radius 2 is 1.83 bits per heavy atom. The number of aryl methyl sites for hydroxylation is 2. The molecule has 1 N–H and O–H groups in total. The van der Waals surface area contributed by atoms with Crippen LogP contribution in [-0.4, -0.2) is 49.3 Å². The van der Waals surface area contributed by atoms with Crippen molar-refractivity contribution < 1.29 is 9.59 Å². The van der Waals surface area contributed by atoms with Gasteiger partial charge in [0.25, 0.3) is 0 Å². The molecular formula is C23H26ClN3O2. The fraction of sp³-hybridized carbons (Fsp3) is 0.391. The number of nitrogens with one attached hydrogen (secondary N) is 1. The van der Waals surface area contributed by atoms with E-state index in [0.717, 1.165) is 54.4 Å². The highest BCUT2D eigenvalue weighted by atomic mass is 35.5. The van der Waals surface area contributed by atoms with Crippen molar-refractivity contribution in [1.82, 2.24) is 4.90 Å². The molecule has 0 unspecified atom stereocenters. The Morgan fingerprint density at radius 3 is 2.59 bits per heavy atom. The van der Waals surface area contributed by atoms with Gasteiger partial charge in [0.15, 0.2) is 0 Å². The fourth-order valence-corrected chi connectivity index (χ4v) is 4.19. The number of ketones is 1. The number of hydrogen-bond donors (Lipinski definition) is 1. The van der Waals surface area contributed by atoms with Crippen LogP contribution < -0.4 is 10.2 Å². The minimum absolute atomic E-state index is 0.00706. The number of carbonyl (C=O) groups excluding carboxylic acids is 2. The number of hydrogen-bond acceptors (Lipinski definition) is 4. The molecule has 6 heteroatoms. The number of nitrogens with zero attached hydrogens (tertiary/aromatic N) is 2. The van der Waals surface area contributed by atoms with E-state index in [9.17, 15) is 9.59 Å². The molecule has 2 aromatic rings. The molecule has 1 heterocycles. The van der Waals surface area contributed by atoms with Crippen LogP contribution in [-0.2, 0) is 22.4 Å². The lowest BCUT2D eigenvalue weighted by Crippen LogP contribution is -2.48. The molecule has 0 bridgehead atoms. The normalized spacial score (nSPS) is 17.2. The topological polar surface area (TPSA) is 52.6 Å². The zero-order chi connectivity index (χ0) is 20.4. The number of anilines is 2. The van der Waals surface area contributed by atoms with E-state index in [1.54, 1.807) is 0 Å². The molecule has 1 saturated heterocycles. The lowest BCUT2D eigenvalue weighted by atomic mass is 9.90. The number of Topliss-reactive ketones (excluding diaryl/α,β-unsaturated/α-hetero) is 1. The third-order valence-corrected chi connectivity index (χ3v) is 6.22. The van der Waals surface area contributed by atoms with Crippen LogP contribution in [0.25, 0.3) is 0 Å². The minimum atomic E-state index is 0.00706. The van der Waals surface area contributed by atoms with Crippen LogP contribution in [0.15, 0.2) is 36.4 Å². The smallest absolute Gasteiger partial charge is 0.238 e. The molecule has 2 aromatic carbocycles. The van der Waals surface area contributed by atoms with Crippen molar-refractivity contribution in [2.75, 3.05) is 42.9 Å². The van der Waals surface area contributed by atoms with Crippen LogP contribution in [0.4, 0.5) is 11.4 Å². The van der Waals surface area contributed by atoms with Crippen molar-refractivity contribution in [3.8, 4) is 0 Å². The zero-order valence-corrected chi connectivity index (χ0v) is 17.5. The number of fused-ring (bicyclic) bond motifs is 1. The van der Waals surface area contributed by atoms with E-state index in [2.05, 4.69) is 27.2 Å². The Labute approximate surface area is 176 Å². The van der Waals surface area contributed by atoms with Crippen LogP contribution in [0, 0.1) is 6.92 Å². The number of piperazine rings is 1. The molecule has 5 nitrogen and oxygen atoms in total. The van der Waals surface area contributed by atoms with Gasteiger partial charge in [0.2, 0.25) is 5.91 Å². The molecule has 1 aliphatic heterocycles. The van der Waals surface area contributed by atoms with Crippen molar-refractivity contribution in [3.05, 3.63) is 58.1 Å². The lowest BCUT2D eigenvalue weighted by Gasteiger charge is -2.36. The van der Waals surface area contributed by atoms with Crippen LogP contribution in [0.1, 0.15) is 23.1 Å². The summed E-state index contributed by atoms with van der Waals surface area (Å²) in [5.41, 5.74) is 5.35. The maximum Gasteiger partial charge on any atom is 0.238 e. The molecule has 1 amide bonds. The molecule has 0 aromatic heterocycles. The van der Waals surface area contributed by atoms with Gasteiger partial charge in [-0.1, -0.05) is 17.7 Å². The molecular weight excluding hydrogens is 386 g/mol. The van der Waals surface area contributed by atoms with E-state index in [1.165, 1.54) is 11.3 Å². The van der Waals surface area contributed by atoms with Gasteiger partial charge in [-0.25, -0.2) is 0 Å². The number of amides is 1. The first-order valence-electron chi connectivity index (χ1n) is 10.1. The van der Waals surface area contributed by atoms with Gasteiger partial charge in [0.1, 0.15) is 5.78 Å². The highest BCUT2D eigenvalue weighted by molar-refractivity contribution is 6.31. The summed E-state index contributed by atoms with van der Waals surface area (Å²) in [5.74, 6) is 0.301. The van der Waals surface area contributed by atoms with E-state index < -0.39 is 0 Å². The summed E-state index contributed by atoms with van der Waals surface area (Å²) in [6.07, 6.45) is 1.88. The summed E-state index contributed by atoms with van der Waals surface area (Å²) < 4.78 is 0. The molecule has 152 valence electrons. The maximum atomic E-state index is 12.5. The van der Waals surface area contributed by atoms with Crippen molar-refractivity contribution in [2.24, 2.45) is 0 Å². The third-order valence-electron chi connectivity index (χ3n) is 5.80. The van der Waals surface area contributed by atoms with Gasteiger partial charge < -0.3 is 10.2 Å². The molecule has 1 fully saturated rings. The summed E-state index contributed by atoms with van der Waals surface area (Å²) in [5, 5.41) is 3.80. The van der Waals surface area contributed by atoms with Crippen molar-refractivity contribution >= 4 is 34.7 Å². The van der Waals surface area contributed by atoms with Crippen LogP contribution in [0.5, 0.6) is 0 Å². The first-order chi connectivity index (χ1) is 14.0. The molecule has 0 atom stereocenters. The SMILES string of the molecule is Cc1cc(N2CCN(CC(=O)Nc3ccc4c(c3)CCC(=O)C4)CC2)ccc1Cl. The average molecular weight is 412 g/mol. The second kappa shape index (κ2) is 8.56. The number of carbonyl (C=O) groups is 2. The largest absolute Gasteiger partial charge is 0.369 e. The van der Waals surface area contributed by atoms with Crippen molar-refractivity contribution in [2.45, 2.75) is 26.2 Å². The number of rotatable bonds is 4. The van der Waals surface area contributed by atoms with Gasteiger partial charge in [-0.05, 0) is 60.4 Å². The quantitative estimate of drug-likeness (QED) is 0.837. The summed E-state index contributed by atoms with van der Waals surface area (Å²) in [6, 6.07) is 12.0. The first-order valence-corrected chi connectivity index (χ1v) is 10.5. The standard InChI is InChI=1S/C23H26ClN3O2/c1-16-12-20(5-7-22(16)24)27-10-8-26(9-11-27)15-23(29)25-19-4-2-18-14-21(28)6-3-17(18)13-19/h2,4-5,7,12-13H,3,6,8-11,14-15H2,1H3,(H,25,29). The van der Waals surface area contributed by atoms with E-state index in [4.69, 9.17) is 11.6 Å². The molecule has 0 spiro atoms. The minimum Gasteiger partial charge on any atom is -0.369 e. The second-order valence-corrected chi connectivity index (χ2v) is 8.35. The zero-order valence-electron chi connectivity index (χ0n) is 16.7. The van der Waals surface area contributed by atoms with Gasteiger partial charge in [0, 0.05) is 55.4 Å². The highest BCUT2D eigenvalue weighted by Gasteiger charge is 2.20. The maximum absolute atomic E-state index is 12.5. The Bertz CT molecular complexity index is 936. The Hall–Kier alpha value is -2.37. The average Bonchev–Trinajstić information content (AvgIpc) is 2.71. The molecule has 1 aliphatic carbocycles. The van der Waals surface area contributed by atoms with Gasteiger partial charge in [-0.3, -0.25) is 14.5 Å². The van der Waals surface area contributed by atoms with Crippen LogP contribution >= 0.6 is 11.6 Å². The molecule has 4 rings (SSSR count). The molecule has 0 radical (unpaired) electrons. The van der Waals surface area contributed by atoms with E-state index in [1.807, 2.05) is 31.2 Å². The van der Waals surface area contributed by atoms with Crippen LogP contribution in [0.3, 0.4) is 0 Å². The predicted molar refractivity (Wildman–Crippen MR) is 117 cm³/mol. The van der Waals surface area contributed by atoms with Crippen LogP contribution in [0.2, 0.25) is 5.02 Å².